The van der Waals surface area contributed by atoms with Crippen molar-refractivity contribution in [3.63, 3.8) is 0 Å². The normalized spacial score (nSPS) is 11.6. The summed E-state index contributed by atoms with van der Waals surface area (Å²) in [5, 5.41) is 8.61. The van der Waals surface area contributed by atoms with Crippen molar-refractivity contribution < 1.29 is 13.2 Å². The smallest absolute Gasteiger partial charge is 0.232 e. The van der Waals surface area contributed by atoms with Crippen LogP contribution in [0.5, 0.6) is 0 Å². The SMILES string of the molecule is Cc1cc(C)nc(Nc2nc(CC(=O)Nc3nc4ccc(S(C)(=O)=O)cc4s3)cs2)n1. The first-order valence-corrected chi connectivity index (χ1v) is 12.7. The Kier molecular flexibility index (Phi) is 5.69. The van der Waals surface area contributed by atoms with E-state index in [1.165, 1.54) is 28.7 Å². The van der Waals surface area contributed by atoms with E-state index in [-0.39, 0.29) is 17.2 Å². The Hall–Kier alpha value is -2.96. The van der Waals surface area contributed by atoms with Gasteiger partial charge in [0, 0.05) is 23.0 Å². The molecule has 1 aromatic carbocycles. The van der Waals surface area contributed by atoms with Crippen molar-refractivity contribution in [2.45, 2.75) is 25.2 Å². The van der Waals surface area contributed by atoms with Crippen LogP contribution in [0.25, 0.3) is 10.2 Å². The Labute approximate surface area is 186 Å². The molecule has 0 radical (unpaired) electrons. The second-order valence-corrected chi connectivity index (χ2v) is 10.8. The second-order valence-electron chi connectivity index (χ2n) is 6.89. The van der Waals surface area contributed by atoms with E-state index in [4.69, 9.17) is 0 Å². The molecule has 4 aromatic rings. The van der Waals surface area contributed by atoms with E-state index in [2.05, 4.69) is 30.6 Å². The molecule has 0 aliphatic heterocycles. The zero-order valence-corrected chi connectivity index (χ0v) is 19.3. The van der Waals surface area contributed by atoms with Crippen molar-refractivity contribution in [1.29, 1.82) is 0 Å². The topological polar surface area (TPSA) is 127 Å². The number of amides is 1. The van der Waals surface area contributed by atoms with E-state index in [0.717, 1.165) is 17.6 Å². The Morgan fingerprint density at radius 2 is 1.77 bits per heavy atom. The molecule has 0 saturated carbocycles. The molecule has 160 valence electrons. The lowest BCUT2D eigenvalue weighted by molar-refractivity contribution is -0.115. The van der Waals surface area contributed by atoms with Crippen molar-refractivity contribution in [1.82, 2.24) is 19.9 Å². The van der Waals surface area contributed by atoms with Gasteiger partial charge in [-0.05, 0) is 38.1 Å². The number of hydrogen-bond acceptors (Lipinski definition) is 10. The van der Waals surface area contributed by atoms with Crippen LogP contribution in [0.1, 0.15) is 17.1 Å². The lowest BCUT2D eigenvalue weighted by Crippen LogP contribution is -2.14. The summed E-state index contributed by atoms with van der Waals surface area (Å²) in [6.45, 7) is 3.78. The average molecular weight is 475 g/mol. The first-order chi connectivity index (χ1) is 14.7. The monoisotopic (exact) mass is 474 g/mol. The third kappa shape index (κ3) is 5.21. The van der Waals surface area contributed by atoms with Gasteiger partial charge in [-0.2, -0.15) is 0 Å². The van der Waals surface area contributed by atoms with Gasteiger partial charge in [-0.25, -0.2) is 28.4 Å². The third-order valence-corrected chi connectivity index (χ3v) is 6.98. The summed E-state index contributed by atoms with van der Waals surface area (Å²) in [5.74, 6) is 0.202. The van der Waals surface area contributed by atoms with Crippen LogP contribution in [-0.2, 0) is 21.1 Å². The maximum absolute atomic E-state index is 12.4. The number of fused-ring (bicyclic) bond motifs is 1. The third-order valence-electron chi connectivity index (χ3n) is 4.13. The molecule has 4 rings (SSSR count). The van der Waals surface area contributed by atoms with Crippen LogP contribution in [0, 0.1) is 13.8 Å². The number of aryl methyl sites for hydroxylation is 2. The molecule has 0 bridgehead atoms. The summed E-state index contributed by atoms with van der Waals surface area (Å²) >= 11 is 2.58. The van der Waals surface area contributed by atoms with Gasteiger partial charge in [-0.15, -0.1) is 11.3 Å². The molecule has 3 aromatic heterocycles. The van der Waals surface area contributed by atoms with E-state index in [0.29, 0.717) is 32.1 Å². The van der Waals surface area contributed by atoms with Crippen LogP contribution in [0.15, 0.2) is 34.5 Å². The fraction of sp³-hybridized carbons (Fsp3) is 0.211. The summed E-state index contributed by atoms with van der Waals surface area (Å²) in [7, 11) is -3.30. The molecular formula is C19H18N6O3S3. The minimum Gasteiger partial charge on any atom is -0.302 e. The molecule has 0 saturated heterocycles. The summed E-state index contributed by atoms with van der Waals surface area (Å²) in [5.41, 5.74) is 2.94. The van der Waals surface area contributed by atoms with Crippen LogP contribution in [0.2, 0.25) is 0 Å². The van der Waals surface area contributed by atoms with Crippen LogP contribution < -0.4 is 10.6 Å². The Bertz CT molecular complexity index is 1370. The first-order valence-electron chi connectivity index (χ1n) is 9.10. The number of carbonyl (C=O) groups excluding carboxylic acids is 1. The molecule has 12 heteroatoms. The number of hydrogen-bond donors (Lipinski definition) is 2. The number of carbonyl (C=O) groups is 1. The van der Waals surface area contributed by atoms with Gasteiger partial charge < -0.3 is 10.6 Å². The largest absolute Gasteiger partial charge is 0.302 e. The minimum absolute atomic E-state index is 0.0798. The molecule has 1 amide bonds. The van der Waals surface area contributed by atoms with Gasteiger partial charge in [-0.3, -0.25) is 4.79 Å². The average Bonchev–Trinajstić information content (AvgIpc) is 3.25. The number of aromatic nitrogens is 4. The zero-order valence-electron chi connectivity index (χ0n) is 16.8. The van der Waals surface area contributed by atoms with Gasteiger partial charge in [0.2, 0.25) is 11.9 Å². The van der Waals surface area contributed by atoms with Gasteiger partial charge in [0.05, 0.1) is 27.2 Å². The van der Waals surface area contributed by atoms with Crippen LogP contribution in [-0.4, -0.2) is 40.5 Å². The number of benzene rings is 1. The maximum atomic E-state index is 12.4. The molecule has 0 aliphatic carbocycles. The van der Waals surface area contributed by atoms with E-state index >= 15 is 0 Å². The second kappa shape index (κ2) is 8.29. The lowest BCUT2D eigenvalue weighted by atomic mass is 10.3. The number of nitrogens with one attached hydrogen (secondary N) is 2. The number of nitrogens with zero attached hydrogens (tertiary/aromatic N) is 4. The van der Waals surface area contributed by atoms with Gasteiger partial charge in [-0.1, -0.05) is 11.3 Å². The number of thiazole rings is 2. The van der Waals surface area contributed by atoms with Crippen LogP contribution >= 0.6 is 22.7 Å². The van der Waals surface area contributed by atoms with Crippen molar-refractivity contribution in [3.8, 4) is 0 Å². The highest BCUT2D eigenvalue weighted by molar-refractivity contribution is 7.90. The predicted octanol–water partition coefficient (Wildman–Crippen LogP) is 3.49. The number of anilines is 3. The molecule has 2 N–H and O–H groups in total. The highest BCUT2D eigenvalue weighted by Crippen LogP contribution is 2.28. The Morgan fingerprint density at radius 1 is 1.03 bits per heavy atom. The fourth-order valence-corrected chi connectivity index (χ4v) is 5.19. The van der Waals surface area contributed by atoms with E-state index in [9.17, 15) is 13.2 Å². The molecule has 0 spiro atoms. The quantitative estimate of drug-likeness (QED) is 0.435. The highest BCUT2D eigenvalue weighted by atomic mass is 32.2. The van der Waals surface area contributed by atoms with E-state index in [1.54, 1.807) is 17.5 Å². The predicted molar refractivity (Wildman–Crippen MR) is 122 cm³/mol. The van der Waals surface area contributed by atoms with Crippen molar-refractivity contribution in [2.75, 3.05) is 16.9 Å². The van der Waals surface area contributed by atoms with E-state index in [1.807, 2.05) is 19.9 Å². The number of rotatable bonds is 6. The molecular weight excluding hydrogens is 456 g/mol. The highest BCUT2D eigenvalue weighted by Gasteiger charge is 2.14. The Balaban J connectivity index is 1.42. The molecule has 0 aliphatic rings. The molecule has 0 fully saturated rings. The summed E-state index contributed by atoms with van der Waals surface area (Å²) < 4.78 is 24.1. The van der Waals surface area contributed by atoms with Crippen molar-refractivity contribution in [3.05, 3.63) is 46.7 Å². The zero-order chi connectivity index (χ0) is 22.2. The van der Waals surface area contributed by atoms with E-state index < -0.39 is 9.84 Å². The summed E-state index contributed by atoms with van der Waals surface area (Å²) in [4.78, 5) is 30.0. The molecule has 31 heavy (non-hydrogen) atoms. The van der Waals surface area contributed by atoms with Crippen molar-refractivity contribution >= 4 is 64.8 Å². The van der Waals surface area contributed by atoms with Crippen molar-refractivity contribution in [2.24, 2.45) is 0 Å². The molecule has 0 unspecified atom stereocenters. The van der Waals surface area contributed by atoms with Gasteiger partial charge in [0.25, 0.3) is 0 Å². The van der Waals surface area contributed by atoms with Gasteiger partial charge in [0.1, 0.15) is 0 Å². The summed E-state index contributed by atoms with van der Waals surface area (Å²) in [6, 6.07) is 6.58. The summed E-state index contributed by atoms with van der Waals surface area (Å²) in [6.07, 6.45) is 1.23. The van der Waals surface area contributed by atoms with Crippen LogP contribution in [0.3, 0.4) is 0 Å². The Morgan fingerprint density at radius 3 is 2.48 bits per heavy atom. The standard InChI is InChI=1S/C19H18N6O3S3/c1-10-6-11(2)21-17(20-10)25-18-22-12(9-29-18)7-16(26)24-19-23-14-5-4-13(31(3,27)28)8-15(14)30-19/h4-6,8-9H,7H2,1-3H3,(H,23,24,26)(H,20,21,22,25). The molecule has 9 nitrogen and oxygen atoms in total. The van der Waals surface area contributed by atoms with Gasteiger partial charge >= 0.3 is 0 Å². The fourth-order valence-electron chi connectivity index (χ4n) is 2.84. The molecule has 3 heterocycles. The number of sulfone groups is 1. The maximum Gasteiger partial charge on any atom is 0.232 e. The van der Waals surface area contributed by atoms with Crippen LogP contribution in [0.4, 0.5) is 16.2 Å². The lowest BCUT2D eigenvalue weighted by Gasteiger charge is -2.03. The minimum atomic E-state index is -3.30. The van der Waals surface area contributed by atoms with Gasteiger partial charge in [0.15, 0.2) is 20.1 Å². The first kappa shape index (κ1) is 21.3. The molecule has 0 atom stereocenters.